The lowest BCUT2D eigenvalue weighted by Crippen LogP contribution is -2.57. The van der Waals surface area contributed by atoms with E-state index in [-0.39, 0.29) is 0 Å². The van der Waals surface area contributed by atoms with Crippen LogP contribution < -0.4 is 0 Å². The molecule has 0 amide bonds. The van der Waals surface area contributed by atoms with E-state index in [4.69, 9.17) is 27.0 Å². The van der Waals surface area contributed by atoms with Crippen LogP contribution in [0.4, 0.5) is 0 Å². The van der Waals surface area contributed by atoms with Crippen molar-refractivity contribution in [2.45, 2.75) is 30.5 Å². The molecule has 0 aromatic heterocycles. The van der Waals surface area contributed by atoms with Crippen LogP contribution in [0.2, 0.25) is 0 Å². The standard InChI is InChI=1S/C7H12O5/c1-3-5(9)7(11)6(10)4(2-8)12-3/h1,3-11H,2H2. The lowest BCUT2D eigenvalue weighted by molar-refractivity contribution is -0.217. The molecule has 0 spiro atoms. The smallest absolute Gasteiger partial charge is 0.111 e. The third kappa shape index (κ3) is 1.60. The Bertz CT molecular complexity index is 146. The minimum Gasteiger partial charge on any atom is -0.394 e. The van der Waals surface area contributed by atoms with Gasteiger partial charge in [-0.15, -0.1) is 0 Å². The van der Waals surface area contributed by atoms with Crippen LogP contribution in [-0.4, -0.2) is 57.6 Å². The Labute approximate surface area is 70.2 Å². The molecule has 5 unspecified atom stereocenters. The first-order valence-corrected chi connectivity index (χ1v) is 3.64. The number of hydrogen-bond donors (Lipinski definition) is 4. The second kappa shape index (κ2) is 3.68. The lowest BCUT2D eigenvalue weighted by Gasteiger charge is -2.38. The lowest BCUT2D eigenvalue weighted by atomic mass is 9.96. The van der Waals surface area contributed by atoms with Crippen LogP contribution in [-0.2, 0) is 4.74 Å². The van der Waals surface area contributed by atoms with Crippen molar-refractivity contribution in [2.24, 2.45) is 0 Å². The monoisotopic (exact) mass is 176 g/mol. The van der Waals surface area contributed by atoms with Crippen LogP contribution >= 0.6 is 0 Å². The molecular formula is C7H12O5. The number of ether oxygens (including phenoxy) is 1. The molecule has 0 aliphatic carbocycles. The quantitative estimate of drug-likeness (QED) is 0.356. The minimum atomic E-state index is -1.37. The molecule has 1 aliphatic heterocycles. The molecule has 0 saturated carbocycles. The Kier molecular flexibility index (Phi) is 3.03. The third-order valence-electron chi connectivity index (χ3n) is 1.93. The molecule has 1 saturated heterocycles. The van der Waals surface area contributed by atoms with Gasteiger partial charge in [-0.25, -0.2) is 0 Å². The Morgan fingerprint density at radius 3 is 2.17 bits per heavy atom. The summed E-state index contributed by atoms with van der Waals surface area (Å²) in [6.07, 6.45) is -5.99. The molecule has 4 N–H and O–H groups in total. The summed E-state index contributed by atoms with van der Waals surface area (Å²) in [5.74, 6) is 0. The van der Waals surface area contributed by atoms with Gasteiger partial charge in [0.25, 0.3) is 0 Å². The van der Waals surface area contributed by atoms with Gasteiger partial charge in [0.1, 0.15) is 24.4 Å². The van der Waals surface area contributed by atoms with Crippen molar-refractivity contribution in [3.05, 3.63) is 6.92 Å². The maximum Gasteiger partial charge on any atom is 0.111 e. The molecule has 5 nitrogen and oxygen atoms in total. The average Bonchev–Trinajstić information content (AvgIpc) is 2.08. The van der Waals surface area contributed by atoms with Gasteiger partial charge >= 0.3 is 0 Å². The molecule has 2 radical (unpaired) electrons. The first-order chi connectivity index (χ1) is 5.57. The highest BCUT2D eigenvalue weighted by molar-refractivity contribution is 4.92. The molecule has 12 heavy (non-hydrogen) atoms. The molecule has 1 fully saturated rings. The third-order valence-corrected chi connectivity index (χ3v) is 1.93. The predicted octanol–water partition coefficient (Wildman–Crippen LogP) is -2.46. The molecule has 0 aromatic carbocycles. The maximum atomic E-state index is 9.18. The van der Waals surface area contributed by atoms with Gasteiger partial charge in [0, 0.05) is 0 Å². The van der Waals surface area contributed by atoms with Crippen molar-refractivity contribution < 1.29 is 25.2 Å². The Morgan fingerprint density at radius 2 is 1.67 bits per heavy atom. The summed E-state index contributed by atoms with van der Waals surface area (Å²) in [6, 6.07) is 0. The summed E-state index contributed by atoms with van der Waals surface area (Å²) in [7, 11) is 0. The van der Waals surface area contributed by atoms with E-state index in [0.717, 1.165) is 0 Å². The second-order valence-electron chi connectivity index (χ2n) is 2.79. The second-order valence-corrected chi connectivity index (χ2v) is 2.79. The predicted molar refractivity (Wildman–Crippen MR) is 38.1 cm³/mol. The molecule has 5 heteroatoms. The normalized spacial score (nSPS) is 49.2. The topological polar surface area (TPSA) is 90.2 Å². The van der Waals surface area contributed by atoms with E-state index in [1.807, 2.05) is 0 Å². The van der Waals surface area contributed by atoms with Crippen molar-refractivity contribution in [1.29, 1.82) is 0 Å². The molecule has 1 aliphatic rings. The Morgan fingerprint density at radius 1 is 1.08 bits per heavy atom. The summed E-state index contributed by atoms with van der Waals surface area (Å²) in [5.41, 5.74) is 0. The van der Waals surface area contributed by atoms with Gasteiger partial charge in [0.05, 0.1) is 12.7 Å². The van der Waals surface area contributed by atoms with E-state index in [2.05, 4.69) is 0 Å². The van der Waals surface area contributed by atoms with Crippen molar-refractivity contribution in [3.63, 3.8) is 0 Å². The maximum absolute atomic E-state index is 9.18. The highest BCUT2D eigenvalue weighted by Gasteiger charge is 2.41. The van der Waals surface area contributed by atoms with Crippen LogP contribution in [0.25, 0.3) is 0 Å². The van der Waals surface area contributed by atoms with Gasteiger partial charge < -0.3 is 25.2 Å². The summed E-state index contributed by atoms with van der Waals surface area (Å²) in [4.78, 5) is 0. The summed E-state index contributed by atoms with van der Waals surface area (Å²) in [5, 5.41) is 36.1. The fourth-order valence-electron chi connectivity index (χ4n) is 1.13. The zero-order valence-corrected chi connectivity index (χ0v) is 6.37. The zero-order chi connectivity index (χ0) is 9.30. The van der Waals surface area contributed by atoms with Gasteiger partial charge in [0.2, 0.25) is 0 Å². The largest absolute Gasteiger partial charge is 0.394 e. The van der Waals surface area contributed by atoms with Crippen LogP contribution in [0.3, 0.4) is 0 Å². The van der Waals surface area contributed by atoms with Crippen molar-refractivity contribution in [1.82, 2.24) is 0 Å². The minimum absolute atomic E-state index is 0.446. The zero-order valence-electron chi connectivity index (χ0n) is 6.37. The van der Waals surface area contributed by atoms with E-state index in [9.17, 15) is 5.11 Å². The van der Waals surface area contributed by atoms with E-state index in [1.54, 1.807) is 0 Å². The number of hydrogen-bond acceptors (Lipinski definition) is 5. The molecule has 70 valence electrons. The number of rotatable bonds is 1. The van der Waals surface area contributed by atoms with Crippen molar-refractivity contribution in [3.8, 4) is 0 Å². The summed E-state index contributed by atoms with van der Waals surface area (Å²) < 4.78 is 4.80. The van der Waals surface area contributed by atoms with Crippen molar-refractivity contribution in [2.75, 3.05) is 6.61 Å². The van der Waals surface area contributed by atoms with E-state index >= 15 is 0 Å². The number of aliphatic hydroxyl groups is 4. The van der Waals surface area contributed by atoms with Gasteiger partial charge in [-0.2, -0.15) is 0 Å². The summed E-state index contributed by atoms with van der Waals surface area (Å²) in [6.45, 7) is 4.80. The fourth-order valence-corrected chi connectivity index (χ4v) is 1.13. The molecule has 1 rings (SSSR count). The van der Waals surface area contributed by atoms with Crippen LogP contribution in [0.1, 0.15) is 0 Å². The highest BCUT2D eigenvalue weighted by Crippen LogP contribution is 2.19. The van der Waals surface area contributed by atoms with E-state index in [1.165, 1.54) is 0 Å². The first kappa shape index (κ1) is 9.88. The molecule has 5 atom stereocenters. The first-order valence-electron chi connectivity index (χ1n) is 3.64. The molecule has 1 heterocycles. The van der Waals surface area contributed by atoms with Gasteiger partial charge in [-0.3, -0.25) is 0 Å². The fraction of sp³-hybridized carbons (Fsp3) is 0.857. The van der Waals surface area contributed by atoms with Crippen LogP contribution in [0, 0.1) is 6.92 Å². The van der Waals surface area contributed by atoms with Crippen LogP contribution in [0.5, 0.6) is 0 Å². The van der Waals surface area contributed by atoms with E-state index in [0.29, 0.717) is 0 Å². The molecular weight excluding hydrogens is 164 g/mol. The Hall–Kier alpha value is -0.200. The average molecular weight is 176 g/mol. The van der Waals surface area contributed by atoms with Gasteiger partial charge in [0.15, 0.2) is 0 Å². The molecule has 0 bridgehead atoms. The Balaban J connectivity index is 2.63. The SMILES string of the molecule is [CH]C1OC(CO)C(O)C(O)C1O. The number of aliphatic hydroxyl groups excluding tert-OH is 4. The van der Waals surface area contributed by atoms with Gasteiger partial charge in [-0.1, -0.05) is 0 Å². The highest BCUT2D eigenvalue weighted by atomic mass is 16.5. The summed E-state index contributed by atoms with van der Waals surface area (Å²) >= 11 is 0. The van der Waals surface area contributed by atoms with Gasteiger partial charge in [-0.05, 0) is 6.92 Å². The van der Waals surface area contributed by atoms with Crippen molar-refractivity contribution >= 4 is 0 Å². The molecule has 0 aromatic rings. The van der Waals surface area contributed by atoms with E-state index < -0.39 is 37.1 Å². The van der Waals surface area contributed by atoms with Crippen LogP contribution in [0.15, 0.2) is 0 Å².